The van der Waals surface area contributed by atoms with E-state index in [-0.39, 0.29) is 41.1 Å². The highest BCUT2D eigenvalue weighted by Gasteiger charge is 2.22. The first-order chi connectivity index (χ1) is 16.4. The Labute approximate surface area is 193 Å². The van der Waals surface area contributed by atoms with Gasteiger partial charge in [-0.3, -0.25) is 9.59 Å². The van der Waals surface area contributed by atoms with E-state index < -0.39 is 11.4 Å². The van der Waals surface area contributed by atoms with Crippen LogP contribution in [0.2, 0.25) is 0 Å². The van der Waals surface area contributed by atoms with Gasteiger partial charge in [-0.25, -0.2) is 9.37 Å². The lowest BCUT2D eigenvalue weighted by Gasteiger charge is -2.19. The molecule has 0 spiro atoms. The van der Waals surface area contributed by atoms with Crippen molar-refractivity contribution in [2.45, 2.75) is 13.0 Å². The van der Waals surface area contributed by atoms with Crippen molar-refractivity contribution < 1.29 is 23.4 Å². The van der Waals surface area contributed by atoms with Crippen molar-refractivity contribution in [3.63, 3.8) is 0 Å². The van der Waals surface area contributed by atoms with Crippen molar-refractivity contribution in [1.29, 1.82) is 0 Å². The first-order valence-electron chi connectivity index (χ1n) is 10.6. The molecule has 3 aromatic heterocycles. The highest BCUT2D eigenvalue weighted by atomic mass is 19.1. The number of H-pyrrole nitrogens is 1. The number of halogens is 1. The van der Waals surface area contributed by atoms with Crippen molar-refractivity contribution in [1.82, 2.24) is 19.7 Å². The minimum atomic E-state index is -0.626. The van der Waals surface area contributed by atoms with Crippen molar-refractivity contribution >= 4 is 11.4 Å². The molecule has 0 radical (unpaired) electrons. The van der Waals surface area contributed by atoms with Gasteiger partial charge in [0, 0.05) is 30.2 Å². The van der Waals surface area contributed by atoms with Gasteiger partial charge >= 0.3 is 0 Å². The van der Waals surface area contributed by atoms with E-state index in [1.807, 2.05) is 13.0 Å². The lowest BCUT2D eigenvalue weighted by molar-refractivity contribution is 0.0940. The predicted molar refractivity (Wildman–Crippen MR) is 121 cm³/mol. The monoisotopic (exact) mass is 464 g/mol. The van der Waals surface area contributed by atoms with E-state index >= 15 is 4.39 Å². The predicted octanol–water partition coefficient (Wildman–Crippen LogP) is 3.10. The topological polar surface area (TPSA) is 107 Å². The number of hydrogen-bond acceptors (Lipinski definition) is 6. The van der Waals surface area contributed by atoms with Gasteiger partial charge < -0.3 is 28.9 Å². The highest BCUT2D eigenvalue weighted by Crippen LogP contribution is 2.37. The van der Waals surface area contributed by atoms with Crippen LogP contribution < -0.4 is 25.1 Å². The van der Waals surface area contributed by atoms with E-state index in [1.165, 1.54) is 29.8 Å². The Morgan fingerprint density at radius 3 is 2.82 bits per heavy atom. The summed E-state index contributed by atoms with van der Waals surface area (Å²) in [6.45, 7) is 2.41. The summed E-state index contributed by atoms with van der Waals surface area (Å²) in [5.74, 6) is -0.181. The Morgan fingerprint density at radius 1 is 1.24 bits per heavy atom. The molecule has 2 N–H and O–H groups in total. The number of aromatic nitrogens is 3. The average molecular weight is 464 g/mol. The van der Waals surface area contributed by atoms with Gasteiger partial charge in [-0.2, -0.15) is 0 Å². The number of fused-ring (bicyclic) bond motifs is 2. The van der Waals surface area contributed by atoms with Gasteiger partial charge in [0.2, 0.25) is 5.88 Å². The average Bonchev–Trinajstić information content (AvgIpc) is 3.29. The summed E-state index contributed by atoms with van der Waals surface area (Å²) >= 11 is 0. The van der Waals surface area contributed by atoms with E-state index in [0.717, 1.165) is 5.56 Å². The SMILES string of the molecule is COc1ccc([C@@H](C)NC(=O)c2cc3c(=O)[nH]c(-c4ccc5c(c4F)OCCO5)cn3c2)cn1. The van der Waals surface area contributed by atoms with Gasteiger partial charge in [-0.1, -0.05) is 6.07 Å². The third-order valence-corrected chi connectivity index (χ3v) is 5.61. The minimum absolute atomic E-state index is 0.0132. The zero-order valence-electron chi connectivity index (χ0n) is 18.4. The number of nitrogens with one attached hydrogen (secondary N) is 2. The van der Waals surface area contributed by atoms with Crippen LogP contribution in [0.4, 0.5) is 4.39 Å². The highest BCUT2D eigenvalue weighted by molar-refractivity contribution is 5.95. The molecular formula is C24H21FN4O5. The van der Waals surface area contributed by atoms with Crippen molar-refractivity contribution in [2.75, 3.05) is 20.3 Å². The number of rotatable bonds is 5. The van der Waals surface area contributed by atoms with Gasteiger partial charge in [-0.15, -0.1) is 0 Å². The molecule has 1 aromatic carbocycles. The summed E-state index contributed by atoms with van der Waals surface area (Å²) in [5, 5.41) is 2.88. The molecule has 0 saturated carbocycles. The maximum atomic E-state index is 15.0. The van der Waals surface area contributed by atoms with Crippen LogP contribution in [-0.2, 0) is 0 Å². The second kappa shape index (κ2) is 8.54. The fourth-order valence-electron chi connectivity index (χ4n) is 3.81. The van der Waals surface area contributed by atoms with Gasteiger partial charge in [0.1, 0.15) is 18.7 Å². The summed E-state index contributed by atoms with van der Waals surface area (Å²) < 4.78 is 32.4. The second-order valence-corrected chi connectivity index (χ2v) is 7.80. The van der Waals surface area contributed by atoms with E-state index in [4.69, 9.17) is 14.2 Å². The number of ether oxygens (including phenoxy) is 3. The van der Waals surface area contributed by atoms with Crippen LogP contribution in [0, 0.1) is 5.82 Å². The molecule has 0 bridgehead atoms. The number of carbonyl (C=O) groups is 1. The second-order valence-electron chi connectivity index (χ2n) is 7.80. The number of amides is 1. The van der Waals surface area contributed by atoms with Crippen LogP contribution >= 0.6 is 0 Å². The molecule has 1 amide bonds. The standard InChI is InChI=1S/C24H21FN4O5/c1-13(14-3-6-20(32-2)26-10-14)27-23(30)15-9-18-24(31)28-17(12-29(18)11-15)16-4-5-19-22(21(16)25)34-8-7-33-19/h3-6,9-13H,7-8H2,1-2H3,(H,27,30)(H,28,31)/t13-/m1/s1. The molecule has 1 aliphatic heterocycles. The largest absolute Gasteiger partial charge is 0.486 e. The van der Waals surface area contributed by atoms with Gasteiger partial charge in [0.25, 0.3) is 11.5 Å². The number of hydrogen-bond donors (Lipinski definition) is 2. The summed E-state index contributed by atoms with van der Waals surface area (Å²) in [4.78, 5) is 32.4. The molecule has 9 nitrogen and oxygen atoms in total. The smallest absolute Gasteiger partial charge is 0.272 e. The number of nitrogens with zero attached hydrogens (tertiary/aromatic N) is 2. The first-order valence-corrected chi connectivity index (χ1v) is 10.6. The molecule has 4 aromatic rings. The molecule has 0 aliphatic carbocycles. The number of benzene rings is 1. The van der Waals surface area contributed by atoms with Crippen LogP contribution in [0.3, 0.4) is 0 Å². The summed E-state index contributed by atoms with van der Waals surface area (Å²) in [5.41, 5.74) is 1.28. The lowest BCUT2D eigenvalue weighted by Crippen LogP contribution is -2.26. The number of carbonyl (C=O) groups excluding carboxylic acids is 1. The molecular weight excluding hydrogens is 443 g/mol. The zero-order chi connectivity index (χ0) is 23.8. The summed E-state index contributed by atoms with van der Waals surface area (Å²) in [6.07, 6.45) is 4.70. The summed E-state index contributed by atoms with van der Waals surface area (Å²) in [6, 6.07) is 7.79. The quantitative estimate of drug-likeness (QED) is 0.470. The van der Waals surface area contributed by atoms with Crippen LogP contribution in [-0.4, -0.2) is 40.6 Å². The van der Waals surface area contributed by atoms with Gasteiger partial charge in [0.05, 0.1) is 24.4 Å². The Hall–Kier alpha value is -4.34. The Bertz CT molecular complexity index is 1440. The summed E-state index contributed by atoms with van der Waals surface area (Å²) in [7, 11) is 1.53. The van der Waals surface area contributed by atoms with Crippen molar-refractivity contribution in [3.05, 3.63) is 76.2 Å². The fourth-order valence-corrected chi connectivity index (χ4v) is 3.81. The Balaban J connectivity index is 1.43. The lowest BCUT2D eigenvalue weighted by atomic mass is 10.1. The molecule has 1 aliphatic rings. The molecule has 0 fully saturated rings. The van der Waals surface area contributed by atoms with Crippen LogP contribution in [0.5, 0.6) is 17.4 Å². The van der Waals surface area contributed by atoms with Crippen LogP contribution in [0.25, 0.3) is 16.8 Å². The van der Waals surface area contributed by atoms with Crippen molar-refractivity contribution in [2.24, 2.45) is 0 Å². The fraction of sp³-hybridized carbons (Fsp3) is 0.208. The third kappa shape index (κ3) is 3.83. The normalized spacial score (nSPS) is 13.5. The molecule has 0 saturated heterocycles. The molecule has 34 heavy (non-hydrogen) atoms. The molecule has 4 heterocycles. The maximum Gasteiger partial charge on any atom is 0.272 e. The molecule has 10 heteroatoms. The van der Waals surface area contributed by atoms with Gasteiger partial charge in [-0.05, 0) is 30.7 Å². The van der Waals surface area contributed by atoms with Crippen LogP contribution in [0.1, 0.15) is 28.9 Å². The van der Waals surface area contributed by atoms with E-state index in [9.17, 15) is 9.59 Å². The molecule has 5 rings (SSSR count). The molecule has 0 unspecified atom stereocenters. The Morgan fingerprint density at radius 2 is 2.06 bits per heavy atom. The van der Waals surface area contributed by atoms with E-state index in [0.29, 0.717) is 23.8 Å². The first kappa shape index (κ1) is 21.5. The van der Waals surface area contributed by atoms with Gasteiger partial charge in [0.15, 0.2) is 17.3 Å². The number of pyridine rings is 1. The van der Waals surface area contributed by atoms with E-state index in [1.54, 1.807) is 24.5 Å². The Kier molecular flexibility index (Phi) is 5.40. The van der Waals surface area contributed by atoms with E-state index in [2.05, 4.69) is 15.3 Å². The minimum Gasteiger partial charge on any atom is -0.486 e. The molecule has 1 atom stereocenters. The number of aromatic amines is 1. The number of methoxy groups -OCH3 is 1. The van der Waals surface area contributed by atoms with Crippen LogP contribution in [0.15, 0.2) is 53.7 Å². The third-order valence-electron chi connectivity index (χ3n) is 5.61. The molecule has 174 valence electrons. The zero-order valence-corrected chi connectivity index (χ0v) is 18.4. The maximum absolute atomic E-state index is 15.0. The van der Waals surface area contributed by atoms with Crippen molar-refractivity contribution in [3.8, 4) is 28.6 Å².